The van der Waals surface area contributed by atoms with Crippen molar-refractivity contribution in [1.82, 2.24) is 4.98 Å². The first-order valence-electron chi connectivity index (χ1n) is 7.62. The molecule has 0 aromatic carbocycles. The fraction of sp³-hybridized carbons (Fsp3) is 0.600. The molecule has 6 heteroatoms. The number of anilines is 1. The van der Waals surface area contributed by atoms with Crippen molar-refractivity contribution in [3.63, 3.8) is 0 Å². The quantitative estimate of drug-likeness (QED) is 0.334. The Labute approximate surface area is 124 Å². The smallest absolute Gasteiger partial charge is 0.173 e. The van der Waals surface area contributed by atoms with Crippen LogP contribution in [0.5, 0.6) is 0 Å². The molecule has 0 radical (unpaired) electrons. The maximum Gasteiger partial charge on any atom is 0.173 e. The molecule has 3 rings (SSSR count). The third-order valence-electron chi connectivity index (χ3n) is 4.52. The Kier molecular flexibility index (Phi) is 3.96. The van der Waals surface area contributed by atoms with Crippen molar-refractivity contribution < 1.29 is 10.3 Å². The molecule has 4 N–H and O–H groups in total. The van der Waals surface area contributed by atoms with Gasteiger partial charge in [0.15, 0.2) is 5.84 Å². The highest BCUT2D eigenvalue weighted by Gasteiger charge is 2.28. The number of nitrogens with zero attached hydrogens (tertiary/aromatic N) is 3. The lowest BCUT2D eigenvalue weighted by Gasteiger charge is -2.36. The monoisotopic (exact) mass is 290 g/mol. The number of aromatic nitrogens is 1. The molecular formula is C15H22N4O2. The number of hydrogen-bond donors (Lipinski definition) is 3. The van der Waals surface area contributed by atoms with Crippen molar-refractivity contribution in [2.45, 2.75) is 44.6 Å². The molecule has 1 unspecified atom stereocenters. The van der Waals surface area contributed by atoms with Gasteiger partial charge < -0.3 is 20.9 Å². The van der Waals surface area contributed by atoms with Gasteiger partial charge in [0, 0.05) is 12.2 Å². The zero-order valence-electron chi connectivity index (χ0n) is 12.1. The van der Waals surface area contributed by atoms with E-state index in [0.717, 1.165) is 56.6 Å². The maximum atomic E-state index is 9.62. The predicted octanol–water partition coefficient (Wildman–Crippen LogP) is 1.02. The SMILES string of the molecule is NC(=NO)c1cc2c(nc1N1CCCCC1CO)CCC2. The van der Waals surface area contributed by atoms with Gasteiger partial charge in [0.05, 0.1) is 18.2 Å². The Morgan fingerprint density at radius 1 is 1.38 bits per heavy atom. The van der Waals surface area contributed by atoms with Crippen molar-refractivity contribution in [1.29, 1.82) is 0 Å². The minimum absolute atomic E-state index is 0.0657. The summed E-state index contributed by atoms with van der Waals surface area (Å²) in [5.74, 6) is 0.846. The molecule has 21 heavy (non-hydrogen) atoms. The molecule has 0 spiro atoms. The van der Waals surface area contributed by atoms with Crippen molar-refractivity contribution in [2.24, 2.45) is 10.9 Å². The lowest BCUT2D eigenvalue weighted by Crippen LogP contribution is -2.43. The number of aryl methyl sites for hydroxylation is 2. The lowest BCUT2D eigenvalue weighted by atomic mass is 10.0. The summed E-state index contributed by atoms with van der Waals surface area (Å²) in [4.78, 5) is 6.91. The zero-order valence-corrected chi connectivity index (χ0v) is 12.1. The van der Waals surface area contributed by atoms with E-state index in [2.05, 4.69) is 10.1 Å². The van der Waals surface area contributed by atoms with Crippen LogP contribution in [0.4, 0.5) is 5.82 Å². The van der Waals surface area contributed by atoms with Gasteiger partial charge in [-0.25, -0.2) is 4.98 Å². The highest BCUT2D eigenvalue weighted by molar-refractivity contribution is 6.01. The molecule has 1 saturated heterocycles. The number of hydrogen-bond acceptors (Lipinski definition) is 5. The number of aliphatic hydroxyl groups excluding tert-OH is 1. The normalized spacial score (nSPS) is 22.4. The molecule has 1 aliphatic carbocycles. The second-order valence-corrected chi connectivity index (χ2v) is 5.83. The molecule has 114 valence electrons. The summed E-state index contributed by atoms with van der Waals surface area (Å²) in [7, 11) is 0. The largest absolute Gasteiger partial charge is 0.409 e. The average Bonchev–Trinajstić information content (AvgIpc) is 3.00. The average molecular weight is 290 g/mol. The summed E-state index contributed by atoms with van der Waals surface area (Å²) >= 11 is 0. The van der Waals surface area contributed by atoms with Crippen LogP contribution in [-0.4, -0.2) is 40.3 Å². The Morgan fingerprint density at radius 2 is 2.24 bits per heavy atom. The van der Waals surface area contributed by atoms with Gasteiger partial charge in [-0.2, -0.15) is 0 Å². The summed E-state index contributed by atoms with van der Waals surface area (Å²) in [6.07, 6.45) is 6.22. The van der Waals surface area contributed by atoms with Crippen LogP contribution >= 0.6 is 0 Å². The van der Waals surface area contributed by atoms with Crippen LogP contribution in [-0.2, 0) is 12.8 Å². The summed E-state index contributed by atoms with van der Waals surface area (Å²) in [5, 5.41) is 21.8. The molecule has 0 amide bonds. The number of piperidine rings is 1. The van der Waals surface area contributed by atoms with E-state index in [0.29, 0.717) is 5.56 Å². The van der Waals surface area contributed by atoms with Gasteiger partial charge in [0.1, 0.15) is 5.82 Å². The number of fused-ring (bicyclic) bond motifs is 1. The van der Waals surface area contributed by atoms with Crippen LogP contribution in [0.1, 0.15) is 42.5 Å². The van der Waals surface area contributed by atoms with E-state index in [1.807, 2.05) is 6.07 Å². The lowest BCUT2D eigenvalue weighted by molar-refractivity contribution is 0.239. The van der Waals surface area contributed by atoms with Crippen LogP contribution in [0.3, 0.4) is 0 Å². The summed E-state index contributed by atoms with van der Waals surface area (Å²) in [6, 6.07) is 2.07. The van der Waals surface area contributed by atoms with Gasteiger partial charge in [-0.05, 0) is 50.2 Å². The van der Waals surface area contributed by atoms with Crippen LogP contribution < -0.4 is 10.6 Å². The first-order chi connectivity index (χ1) is 10.2. The second kappa shape index (κ2) is 5.89. The van der Waals surface area contributed by atoms with Gasteiger partial charge in [-0.3, -0.25) is 0 Å². The number of nitrogens with two attached hydrogens (primary N) is 1. The van der Waals surface area contributed by atoms with Crippen LogP contribution in [0.2, 0.25) is 0 Å². The van der Waals surface area contributed by atoms with E-state index >= 15 is 0 Å². The van der Waals surface area contributed by atoms with E-state index in [1.165, 1.54) is 5.56 Å². The van der Waals surface area contributed by atoms with E-state index in [1.54, 1.807) is 0 Å². The van der Waals surface area contributed by atoms with Crippen molar-refractivity contribution in [2.75, 3.05) is 18.1 Å². The van der Waals surface area contributed by atoms with E-state index in [4.69, 9.17) is 15.9 Å². The van der Waals surface area contributed by atoms with Gasteiger partial charge >= 0.3 is 0 Å². The van der Waals surface area contributed by atoms with Crippen molar-refractivity contribution in [3.8, 4) is 0 Å². The third-order valence-corrected chi connectivity index (χ3v) is 4.52. The Balaban J connectivity index is 2.07. The molecule has 1 aromatic heterocycles. The van der Waals surface area contributed by atoms with Crippen LogP contribution in [0.15, 0.2) is 11.2 Å². The Bertz CT molecular complexity index is 559. The first kappa shape index (κ1) is 14.1. The van der Waals surface area contributed by atoms with Crippen molar-refractivity contribution >= 4 is 11.7 Å². The number of aliphatic hydroxyl groups is 1. The molecule has 6 nitrogen and oxygen atoms in total. The minimum Gasteiger partial charge on any atom is -0.409 e. The fourth-order valence-corrected chi connectivity index (χ4v) is 3.39. The van der Waals surface area contributed by atoms with Gasteiger partial charge in [0.25, 0.3) is 0 Å². The molecular weight excluding hydrogens is 268 g/mol. The highest BCUT2D eigenvalue weighted by atomic mass is 16.4. The molecule has 2 aliphatic rings. The van der Waals surface area contributed by atoms with Gasteiger partial charge in [-0.1, -0.05) is 5.16 Å². The molecule has 1 atom stereocenters. The molecule has 1 aliphatic heterocycles. The summed E-state index contributed by atoms with van der Waals surface area (Å²) in [5.41, 5.74) is 8.84. The van der Waals surface area contributed by atoms with Crippen LogP contribution in [0.25, 0.3) is 0 Å². The number of rotatable bonds is 3. The predicted molar refractivity (Wildman–Crippen MR) is 80.8 cm³/mol. The number of pyridine rings is 1. The Hall–Kier alpha value is -1.82. The molecule has 1 aromatic rings. The third kappa shape index (κ3) is 2.55. The first-order valence-corrected chi connectivity index (χ1v) is 7.62. The molecule has 0 saturated carbocycles. The second-order valence-electron chi connectivity index (χ2n) is 5.83. The topological polar surface area (TPSA) is 95.0 Å². The zero-order chi connectivity index (χ0) is 14.8. The van der Waals surface area contributed by atoms with E-state index in [-0.39, 0.29) is 18.5 Å². The summed E-state index contributed by atoms with van der Waals surface area (Å²) in [6.45, 7) is 0.955. The van der Waals surface area contributed by atoms with Crippen molar-refractivity contribution in [3.05, 3.63) is 22.9 Å². The molecule has 2 heterocycles. The number of amidine groups is 1. The molecule has 0 bridgehead atoms. The van der Waals surface area contributed by atoms with Gasteiger partial charge in [0.2, 0.25) is 0 Å². The fourth-order valence-electron chi connectivity index (χ4n) is 3.39. The Morgan fingerprint density at radius 3 is 3.00 bits per heavy atom. The van der Waals surface area contributed by atoms with E-state index in [9.17, 15) is 5.11 Å². The maximum absolute atomic E-state index is 9.62. The molecule has 1 fully saturated rings. The van der Waals surface area contributed by atoms with Crippen LogP contribution in [0, 0.1) is 0 Å². The minimum atomic E-state index is 0.0657. The van der Waals surface area contributed by atoms with E-state index < -0.39 is 0 Å². The standard InChI is InChI=1S/C15H22N4O2/c16-14(18-21)12-8-10-4-3-6-13(10)17-15(12)19-7-2-1-5-11(19)9-20/h8,11,20-21H,1-7,9H2,(H2,16,18). The highest BCUT2D eigenvalue weighted by Crippen LogP contribution is 2.31. The number of oxime groups is 1. The summed E-state index contributed by atoms with van der Waals surface area (Å²) < 4.78 is 0. The van der Waals surface area contributed by atoms with Gasteiger partial charge in [-0.15, -0.1) is 0 Å².